The zero-order chi connectivity index (χ0) is 6.97. The molecule has 3 nitrogen and oxygen atoms in total. The normalized spacial score (nSPS) is 10.4. The second-order valence-corrected chi connectivity index (χ2v) is 2.66. The van der Waals surface area contributed by atoms with Crippen LogP contribution in [-0.2, 0) is 0 Å². The first kappa shape index (κ1) is 5.61. The third-order valence-corrected chi connectivity index (χ3v) is 1.95. The molecule has 0 aliphatic carbocycles. The Kier molecular flexibility index (Phi) is 1.07. The molecule has 0 aliphatic rings. The molecular formula is C6H4N2OS. The molecule has 0 aliphatic heterocycles. The van der Waals surface area contributed by atoms with Crippen LogP contribution in [-0.4, -0.2) is 9.97 Å². The average molecular weight is 152 g/mol. The van der Waals surface area contributed by atoms with Gasteiger partial charge in [-0.05, 0) is 0 Å². The Morgan fingerprint density at radius 3 is 3.30 bits per heavy atom. The molecule has 0 bridgehead atoms. The Bertz CT molecular complexity index is 403. The summed E-state index contributed by atoms with van der Waals surface area (Å²) in [7, 11) is 0. The van der Waals surface area contributed by atoms with Crippen molar-refractivity contribution in [2.24, 2.45) is 0 Å². The van der Waals surface area contributed by atoms with Gasteiger partial charge in [-0.2, -0.15) is 0 Å². The van der Waals surface area contributed by atoms with Crippen molar-refractivity contribution in [2.75, 3.05) is 0 Å². The van der Waals surface area contributed by atoms with Crippen molar-refractivity contribution in [2.45, 2.75) is 0 Å². The third kappa shape index (κ3) is 0.733. The van der Waals surface area contributed by atoms with Crippen LogP contribution in [0.4, 0.5) is 0 Å². The van der Waals surface area contributed by atoms with Crippen molar-refractivity contribution >= 4 is 22.4 Å². The molecule has 0 radical (unpaired) electrons. The van der Waals surface area contributed by atoms with Gasteiger partial charge in [0, 0.05) is 10.8 Å². The number of hydrogen-bond acceptors (Lipinski definition) is 3. The summed E-state index contributed by atoms with van der Waals surface area (Å²) >= 11 is 1.53. The summed E-state index contributed by atoms with van der Waals surface area (Å²) in [5, 5.41) is 3.76. The molecule has 0 amide bonds. The van der Waals surface area contributed by atoms with Gasteiger partial charge in [-0.3, -0.25) is 4.79 Å². The molecule has 0 atom stereocenters. The first-order valence-electron chi connectivity index (χ1n) is 2.77. The molecule has 1 N–H and O–H groups in total. The fourth-order valence-corrected chi connectivity index (χ4v) is 1.48. The van der Waals surface area contributed by atoms with Gasteiger partial charge in [-0.15, -0.1) is 11.3 Å². The lowest BCUT2D eigenvalue weighted by atomic mass is 10.5. The van der Waals surface area contributed by atoms with Crippen molar-refractivity contribution in [3.05, 3.63) is 27.3 Å². The van der Waals surface area contributed by atoms with E-state index in [2.05, 4.69) is 9.97 Å². The molecule has 2 aromatic rings. The molecule has 2 aromatic heterocycles. The fraction of sp³-hybridized carbons (Fsp3) is 0. The van der Waals surface area contributed by atoms with E-state index in [1.807, 2.05) is 10.8 Å². The minimum Gasteiger partial charge on any atom is -0.319 e. The summed E-state index contributed by atoms with van der Waals surface area (Å²) < 4.78 is 0. The second kappa shape index (κ2) is 1.91. The van der Waals surface area contributed by atoms with Crippen molar-refractivity contribution in [3.63, 3.8) is 0 Å². The molecule has 0 unspecified atom stereocenters. The van der Waals surface area contributed by atoms with Gasteiger partial charge in [0.05, 0.1) is 17.2 Å². The van der Waals surface area contributed by atoms with Crippen molar-refractivity contribution in [3.8, 4) is 0 Å². The Labute approximate surface area is 60.4 Å². The SMILES string of the molecule is O=c1cnc2cscc2[nH]1. The molecule has 10 heavy (non-hydrogen) atoms. The van der Waals surface area contributed by atoms with E-state index in [1.165, 1.54) is 17.5 Å². The molecule has 0 saturated carbocycles. The van der Waals surface area contributed by atoms with Crippen LogP contribution in [0, 0.1) is 0 Å². The van der Waals surface area contributed by atoms with E-state index >= 15 is 0 Å². The molecule has 50 valence electrons. The lowest BCUT2D eigenvalue weighted by Crippen LogP contribution is -2.03. The molecule has 0 spiro atoms. The zero-order valence-corrected chi connectivity index (χ0v) is 5.81. The standard InChI is InChI=1S/C6H4N2OS/c9-6-1-7-4-2-10-3-5(4)8-6/h1-3H,(H,8,9). The summed E-state index contributed by atoms with van der Waals surface area (Å²) in [6, 6.07) is 0. The van der Waals surface area contributed by atoms with Gasteiger partial charge in [0.25, 0.3) is 5.56 Å². The van der Waals surface area contributed by atoms with Gasteiger partial charge >= 0.3 is 0 Å². The number of hydrogen-bond donors (Lipinski definition) is 1. The summed E-state index contributed by atoms with van der Waals surface area (Å²) in [6.07, 6.45) is 1.29. The lowest BCUT2D eigenvalue weighted by molar-refractivity contribution is 1.23. The summed E-state index contributed by atoms with van der Waals surface area (Å²) in [6.45, 7) is 0. The predicted molar refractivity (Wildman–Crippen MR) is 40.2 cm³/mol. The molecule has 2 rings (SSSR count). The summed E-state index contributed by atoms with van der Waals surface area (Å²) in [4.78, 5) is 17.2. The van der Waals surface area contributed by atoms with Crippen molar-refractivity contribution in [1.82, 2.24) is 9.97 Å². The maximum absolute atomic E-state index is 10.7. The van der Waals surface area contributed by atoms with E-state index in [9.17, 15) is 4.79 Å². The van der Waals surface area contributed by atoms with Crippen LogP contribution in [0.1, 0.15) is 0 Å². The van der Waals surface area contributed by atoms with E-state index in [1.54, 1.807) is 0 Å². The van der Waals surface area contributed by atoms with Crippen LogP contribution >= 0.6 is 11.3 Å². The predicted octanol–water partition coefficient (Wildman–Crippen LogP) is 0.985. The largest absolute Gasteiger partial charge is 0.319 e. The molecule has 0 fully saturated rings. The topological polar surface area (TPSA) is 45.8 Å². The van der Waals surface area contributed by atoms with Crippen molar-refractivity contribution < 1.29 is 0 Å². The number of nitrogens with one attached hydrogen (secondary N) is 1. The van der Waals surface area contributed by atoms with E-state index < -0.39 is 0 Å². The van der Waals surface area contributed by atoms with Gasteiger partial charge in [-0.1, -0.05) is 0 Å². The van der Waals surface area contributed by atoms with Gasteiger partial charge in [0.2, 0.25) is 0 Å². The first-order valence-corrected chi connectivity index (χ1v) is 3.72. The summed E-state index contributed by atoms with van der Waals surface area (Å²) in [5.41, 5.74) is 1.52. The Morgan fingerprint density at radius 2 is 2.40 bits per heavy atom. The first-order chi connectivity index (χ1) is 4.86. The van der Waals surface area contributed by atoms with Crippen LogP contribution in [0.5, 0.6) is 0 Å². The highest BCUT2D eigenvalue weighted by Gasteiger charge is 1.93. The number of nitrogens with zero attached hydrogens (tertiary/aromatic N) is 1. The number of H-pyrrole nitrogens is 1. The number of rotatable bonds is 0. The third-order valence-electron chi connectivity index (χ3n) is 1.22. The van der Waals surface area contributed by atoms with Crippen molar-refractivity contribution in [1.29, 1.82) is 0 Å². The maximum Gasteiger partial charge on any atom is 0.266 e. The number of aromatic nitrogens is 2. The lowest BCUT2D eigenvalue weighted by Gasteiger charge is -1.83. The highest BCUT2D eigenvalue weighted by atomic mass is 32.1. The molecule has 0 saturated heterocycles. The monoisotopic (exact) mass is 152 g/mol. The van der Waals surface area contributed by atoms with Gasteiger partial charge in [-0.25, -0.2) is 4.98 Å². The minimum absolute atomic E-state index is 0.147. The maximum atomic E-state index is 10.7. The number of thiophene rings is 1. The van der Waals surface area contributed by atoms with E-state index in [0.29, 0.717) is 0 Å². The molecule has 2 heterocycles. The van der Waals surface area contributed by atoms with Crippen LogP contribution < -0.4 is 5.56 Å². The Morgan fingerprint density at radius 1 is 1.50 bits per heavy atom. The molecule has 0 aromatic carbocycles. The minimum atomic E-state index is -0.147. The van der Waals surface area contributed by atoms with Gasteiger partial charge in [0.1, 0.15) is 0 Å². The van der Waals surface area contributed by atoms with Gasteiger partial charge < -0.3 is 4.98 Å². The average Bonchev–Trinajstić information content (AvgIpc) is 2.33. The van der Waals surface area contributed by atoms with Crippen LogP contribution in [0.15, 0.2) is 21.8 Å². The fourth-order valence-electron chi connectivity index (χ4n) is 0.777. The number of aromatic amines is 1. The molecular weight excluding hydrogens is 148 g/mol. The zero-order valence-electron chi connectivity index (χ0n) is 5.00. The Hall–Kier alpha value is -1.16. The summed E-state index contributed by atoms with van der Waals surface area (Å²) in [5.74, 6) is 0. The molecule has 4 heteroatoms. The second-order valence-electron chi connectivity index (χ2n) is 1.92. The smallest absolute Gasteiger partial charge is 0.266 e. The van der Waals surface area contributed by atoms with Gasteiger partial charge in [0.15, 0.2) is 0 Å². The van der Waals surface area contributed by atoms with Crippen LogP contribution in [0.25, 0.3) is 11.0 Å². The van der Waals surface area contributed by atoms with Crippen LogP contribution in [0.3, 0.4) is 0 Å². The van der Waals surface area contributed by atoms with E-state index in [-0.39, 0.29) is 5.56 Å². The van der Waals surface area contributed by atoms with Crippen LogP contribution in [0.2, 0.25) is 0 Å². The Balaban J connectivity index is 2.99. The van der Waals surface area contributed by atoms with E-state index in [4.69, 9.17) is 0 Å². The highest BCUT2D eigenvalue weighted by molar-refractivity contribution is 7.09. The van der Waals surface area contributed by atoms with E-state index in [0.717, 1.165) is 11.0 Å². The highest BCUT2D eigenvalue weighted by Crippen LogP contribution is 2.10. The quantitative estimate of drug-likeness (QED) is 0.611. The number of fused-ring (bicyclic) bond motifs is 1.